The number of nitrogens with two attached hydrogens (primary N) is 1. The Labute approximate surface area is 98.7 Å². The monoisotopic (exact) mass is 260 g/mol. The first-order chi connectivity index (χ1) is 7.97. The van der Waals surface area contributed by atoms with E-state index >= 15 is 0 Å². The molecule has 1 aromatic heterocycles. The van der Waals surface area contributed by atoms with Crippen LogP contribution in [0, 0.1) is 0 Å². The van der Waals surface area contributed by atoms with Crippen LogP contribution in [0.2, 0.25) is 0 Å². The predicted molar refractivity (Wildman–Crippen MR) is 58.0 cm³/mol. The molecule has 0 unspecified atom stereocenters. The first kappa shape index (κ1) is 11.7. The van der Waals surface area contributed by atoms with Crippen LogP contribution >= 0.6 is 11.3 Å². The largest absolute Gasteiger partial charge is 0.430 e. The smallest absolute Gasteiger partial charge is 0.419 e. The van der Waals surface area contributed by atoms with Crippen LogP contribution < -0.4 is 10.5 Å². The Hall–Kier alpha value is -1.76. The normalized spacial score (nSPS) is 11.5. The molecule has 0 saturated heterocycles. The quantitative estimate of drug-likeness (QED) is 0.898. The molecule has 0 atom stereocenters. The van der Waals surface area contributed by atoms with E-state index in [9.17, 15) is 13.2 Å². The third-order valence-electron chi connectivity index (χ3n) is 1.89. The summed E-state index contributed by atoms with van der Waals surface area (Å²) < 4.78 is 43.0. The Morgan fingerprint density at radius 3 is 2.53 bits per heavy atom. The Bertz CT molecular complexity index is 524. The molecule has 2 N–H and O–H groups in total. The Morgan fingerprint density at radius 2 is 1.94 bits per heavy atom. The number of thiazole rings is 1. The Balaban J connectivity index is 2.33. The van der Waals surface area contributed by atoms with Gasteiger partial charge in [-0.05, 0) is 12.1 Å². The minimum Gasteiger partial charge on any atom is -0.430 e. The molecule has 7 heteroatoms. The average Bonchev–Trinajstić information content (AvgIpc) is 2.63. The van der Waals surface area contributed by atoms with Gasteiger partial charge in [0.2, 0.25) is 0 Å². The second-order valence-electron chi connectivity index (χ2n) is 3.12. The van der Waals surface area contributed by atoms with E-state index in [0.717, 1.165) is 17.4 Å². The number of anilines is 1. The zero-order valence-electron chi connectivity index (χ0n) is 8.36. The van der Waals surface area contributed by atoms with E-state index in [1.54, 1.807) is 0 Å². The molecule has 90 valence electrons. The number of alkyl halides is 3. The maximum Gasteiger partial charge on any atom is 0.419 e. The fraction of sp³-hybridized carbons (Fsp3) is 0.100. The first-order valence-electron chi connectivity index (χ1n) is 4.52. The molecule has 0 aliphatic carbocycles. The van der Waals surface area contributed by atoms with Crippen molar-refractivity contribution in [3.8, 4) is 10.9 Å². The second kappa shape index (κ2) is 4.25. The standard InChI is InChI=1S/C10H7F3N2OS/c11-10(12,13)6-3-1-2-4-7(6)16-9-15-5-8(14)17-9/h1-5H,14H2. The summed E-state index contributed by atoms with van der Waals surface area (Å²) in [7, 11) is 0. The number of nitrogens with zero attached hydrogens (tertiary/aromatic N) is 1. The Morgan fingerprint density at radius 1 is 1.24 bits per heavy atom. The zero-order chi connectivity index (χ0) is 12.5. The van der Waals surface area contributed by atoms with Gasteiger partial charge in [-0.1, -0.05) is 23.5 Å². The van der Waals surface area contributed by atoms with Crippen LogP contribution in [0.3, 0.4) is 0 Å². The number of nitrogen functional groups attached to an aromatic ring is 1. The predicted octanol–water partition coefficient (Wildman–Crippen LogP) is 3.54. The summed E-state index contributed by atoms with van der Waals surface area (Å²) in [5, 5.41) is 0.462. The minimum atomic E-state index is -4.46. The summed E-state index contributed by atoms with van der Waals surface area (Å²) in [4.78, 5) is 3.74. The minimum absolute atomic E-state index is 0.0826. The molecule has 0 bridgehead atoms. The Kier molecular flexibility index (Phi) is 2.93. The first-order valence-corrected chi connectivity index (χ1v) is 5.34. The molecular weight excluding hydrogens is 253 g/mol. The maximum atomic E-state index is 12.6. The number of ether oxygens (including phenoxy) is 1. The highest BCUT2D eigenvalue weighted by atomic mass is 32.1. The van der Waals surface area contributed by atoms with Crippen molar-refractivity contribution >= 4 is 16.3 Å². The summed E-state index contributed by atoms with van der Waals surface area (Å²) in [5.74, 6) is -0.283. The molecule has 2 aromatic rings. The topological polar surface area (TPSA) is 48.1 Å². The number of aromatic nitrogens is 1. The van der Waals surface area contributed by atoms with Crippen LogP contribution in [0.1, 0.15) is 5.56 Å². The van der Waals surface area contributed by atoms with Gasteiger partial charge in [0.15, 0.2) is 0 Å². The highest BCUT2D eigenvalue weighted by Gasteiger charge is 2.34. The number of para-hydroxylation sites is 1. The molecule has 0 aliphatic heterocycles. The van der Waals surface area contributed by atoms with Gasteiger partial charge in [0.25, 0.3) is 5.19 Å². The molecule has 3 nitrogen and oxygen atoms in total. The number of rotatable bonds is 2. The highest BCUT2D eigenvalue weighted by Crippen LogP contribution is 2.38. The molecule has 0 spiro atoms. The van der Waals surface area contributed by atoms with Crippen molar-refractivity contribution in [1.29, 1.82) is 0 Å². The SMILES string of the molecule is Nc1cnc(Oc2ccccc2C(F)(F)F)s1. The van der Waals surface area contributed by atoms with Gasteiger partial charge in [-0.2, -0.15) is 13.2 Å². The van der Waals surface area contributed by atoms with E-state index in [0.29, 0.717) is 5.00 Å². The lowest BCUT2D eigenvalue weighted by atomic mass is 10.2. The van der Waals surface area contributed by atoms with E-state index in [4.69, 9.17) is 10.5 Å². The second-order valence-corrected chi connectivity index (χ2v) is 4.15. The highest BCUT2D eigenvalue weighted by molar-refractivity contribution is 7.17. The van der Waals surface area contributed by atoms with Crippen LogP contribution in [0.25, 0.3) is 0 Å². The van der Waals surface area contributed by atoms with E-state index < -0.39 is 11.7 Å². The van der Waals surface area contributed by atoms with Crippen LogP contribution in [-0.2, 0) is 6.18 Å². The number of hydrogen-bond donors (Lipinski definition) is 1. The van der Waals surface area contributed by atoms with Crippen molar-refractivity contribution in [3.63, 3.8) is 0 Å². The zero-order valence-corrected chi connectivity index (χ0v) is 9.18. The van der Waals surface area contributed by atoms with E-state index in [-0.39, 0.29) is 10.9 Å². The van der Waals surface area contributed by atoms with Crippen molar-refractivity contribution in [3.05, 3.63) is 36.0 Å². The van der Waals surface area contributed by atoms with Gasteiger partial charge < -0.3 is 10.5 Å². The fourth-order valence-electron chi connectivity index (χ4n) is 1.20. The lowest BCUT2D eigenvalue weighted by Crippen LogP contribution is -2.06. The molecular formula is C10H7F3N2OS. The van der Waals surface area contributed by atoms with E-state index in [1.807, 2.05) is 0 Å². The molecule has 2 rings (SSSR count). The molecule has 0 saturated carbocycles. The van der Waals surface area contributed by atoms with Crippen LogP contribution in [-0.4, -0.2) is 4.98 Å². The molecule has 0 fully saturated rings. The molecule has 17 heavy (non-hydrogen) atoms. The van der Waals surface area contributed by atoms with E-state index in [2.05, 4.69) is 4.98 Å². The third-order valence-corrected chi connectivity index (χ3v) is 2.60. The maximum absolute atomic E-state index is 12.6. The summed E-state index contributed by atoms with van der Waals surface area (Å²) in [5.41, 5.74) is 4.57. The molecule has 0 radical (unpaired) electrons. The molecule has 0 aliphatic rings. The van der Waals surface area contributed by atoms with Crippen LogP contribution in [0.5, 0.6) is 10.9 Å². The van der Waals surface area contributed by atoms with Crippen LogP contribution in [0.4, 0.5) is 18.2 Å². The van der Waals surface area contributed by atoms with Gasteiger partial charge in [0.05, 0.1) is 11.8 Å². The van der Waals surface area contributed by atoms with Crippen molar-refractivity contribution in [2.24, 2.45) is 0 Å². The number of halogens is 3. The van der Waals surface area contributed by atoms with E-state index in [1.165, 1.54) is 24.4 Å². The third kappa shape index (κ3) is 2.68. The van der Waals surface area contributed by atoms with Gasteiger partial charge in [0, 0.05) is 0 Å². The van der Waals surface area contributed by atoms with Gasteiger partial charge in [-0.15, -0.1) is 0 Å². The number of hydrogen-bond acceptors (Lipinski definition) is 4. The van der Waals surface area contributed by atoms with Crippen LogP contribution in [0.15, 0.2) is 30.5 Å². The van der Waals surface area contributed by atoms with Gasteiger partial charge >= 0.3 is 6.18 Å². The molecule has 1 aromatic carbocycles. The summed E-state index contributed by atoms with van der Waals surface area (Å²) in [6.45, 7) is 0. The van der Waals surface area contributed by atoms with Gasteiger partial charge in [-0.25, -0.2) is 4.98 Å². The summed E-state index contributed by atoms with van der Waals surface area (Å²) in [6.07, 6.45) is -3.13. The van der Waals surface area contributed by atoms with Gasteiger partial charge in [-0.3, -0.25) is 0 Å². The molecule has 0 amide bonds. The lowest BCUT2D eigenvalue weighted by molar-refractivity contribution is -0.138. The van der Waals surface area contributed by atoms with Crippen molar-refractivity contribution in [1.82, 2.24) is 4.98 Å². The summed E-state index contributed by atoms with van der Waals surface area (Å²) >= 11 is 0.979. The fourth-order valence-corrected chi connectivity index (χ4v) is 1.74. The van der Waals surface area contributed by atoms with Crippen molar-refractivity contribution in [2.45, 2.75) is 6.18 Å². The summed E-state index contributed by atoms with van der Waals surface area (Å²) in [6, 6.07) is 4.94. The van der Waals surface area contributed by atoms with Crippen molar-refractivity contribution in [2.75, 3.05) is 5.73 Å². The average molecular weight is 260 g/mol. The van der Waals surface area contributed by atoms with Crippen molar-refractivity contribution < 1.29 is 17.9 Å². The molecule has 1 heterocycles. The number of benzene rings is 1. The lowest BCUT2D eigenvalue weighted by Gasteiger charge is -2.11. The van der Waals surface area contributed by atoms with Gasteiger partial charge in [0.1, 0.15) is 10.8 Å².